The molecule has 0 bridgehead atoms. The van der Waals surface area contributed by atoms with Crippen molar-refractivity contribution in [3.05, 3.63) is 46.0 Å². The molecule has 2 rings (SSSR count). The van der Waals surface area contributed by atoms with Crippen LogP contribution >= 0.6 is 0 Å². The second-order valence-electron chi connectivity index (χ2n) is 3.49. The summed E-state index contributed by atoms with van der Waals surface area (Å²) in [6, 6.07) is 3.26. The molecule has 0 aliphatic heterocycles. The van der Waals surface area contributed by atoms with E-state index in [1.807, 2.05) is 0 Å². The third kappa shape index (κ3) is 2.08. The third-order valence-corrected chi connectivity index (χ3v) is 2.15. The van der Waals surface area contributed by atoms with Gasteiger partial charge >= 0.3 is 6.18 Å². The van der Waals surface area contributed by atoms with Crippen molar-refractivity contribution in [3.8, 4) is 5.82 Å². The van der Waals surface area contributed by atoms with Crippen LogP contribution in [0.2, 0.25) is 0 Å². The number of hydrogen-bond donors (Lipinski definition) is 1. The SMILES string of the molecule is Cc1cc(=O)n(-c2ncccc2C(F)(F)F)[nH]1. The normalized spacial score (nSPS) is 11.8. The van der Waals surface area contributed by atoms with Crippen molar-refractivity contribution in [1.82, 2.24) is 14.8 Å². The lowest BCUT2D eigenvalue weighted by Crippen LogP contribution is -2.20. The lowest BCUT2D eigenvalue weighted by Gasteiger charge is -2.11. The monoisotopic (exact) mass is 243 g/mol. The predicted octanol–water partition coefficient (Wildman–Crippen LogP) is 1.89. The fourth-order valence-electron chi connectivity index (χ4n) is 1.47. The Labute approximate surface area is 93.7 Å². The first-order chi connectivity index (χ1) is 7.89. The Balaban J connectivity index is 2.68. The first kappa shape index (κ1) is 11.4. The van der Waals surface area contributed by atoms with Gasteiger partial charge in [-0.25, -0.2) is 9.67 Å². The average Bonchev–Trinajstić information content (AvgIpc) is 2.56. The van der Waals surface area contributed by atoms with Gasteiger partial charge in [-0.1, -0.05) is 0 Å². The number of rotatable bonds is 1. The summed E-state index contributed by atoms with van der Waals surface area (Å²) in [5, 5.41) is 2.51. The molecule has 0 amide bonds. The van der Waals surface area contributed by atoms with Gasteiger partial charge in [0.2, 0.25) is 0 Å². The van der Waals surface area contributed by atoms with Crippen molar-refractivity contribution in [1.29, 1.82) is 0 Å². The second-order valence-corrected chi connectivity index (χ2v) is 3.49. The highest BCUT2D eigenvalue weighted by Gasteiger charge is 2.35. The molecule has 0 spiro atoms. The van der Waals surface area contributed by atoms with Crippen LogP contribution in [0.15, 0.2) is 29.2 Å². The Bertz CT molecular complexity index is 597. The number of aromatic amines is 1. The van der Waals surface area contributed by atoms with Gasteiger partial charge in [0, 0.05) is 18.0 Å². The van der Waals surface area contributed by atoms with Gasteiger partial charge in [0.05, 0.1) is 0 Å². The Hall–Kier alpha value is -2.05. The maximum atomic E-state index is 12.7. The molecule has 4 nitrogen and oxygen atoms in total. The van der Waals surface area contributed by atoms with Crippen LogP contribution in [0.5, 0.6) is 0 Å². The first-order valence-corrected chi connectivity index (χ1v) is 4.71. The molecule has 0 saturated heterocycles. The molecule has 0 aliphatic carbocycles. The van der Waals surface area contributed by atoms with Crippen LogP contribution in [0.1, 0.15) is 11.3 Å². The van der Waals surface area contributed by atoms with E-state index >= 15 is 0 Å². The summed E-state index contributed by atoms with van der Waals surface area (Å²) in [7, 11) is 0. The zero-order valence-corrected chi connectivity index (χ0v) is 8.75. The van der Waals surface area contributed by atoms with E-state index in [9.17, 15) is 18.0 Å². The molecular weight excluding hydrogens is 235 g/mol. The molecule has 17 heavy (non-hydrogen) atoms. The summed E-state index contributed by atoms with van der Waals surface area (Å²) in [5.41, 5.74) is -1.07. The largest absolute Gasteiger partial charge is 0.420 e. The van der Waals surface area contributed by atoms with Crippen molar-refractivity contribution < 1.29 is 13.2 Å². The number of nitrogens with one attached hydrogen (secondary N) is 1. The van der Waals surface area contributed by atoms with Crippen molar-refractivity contribution in [2.75, 3.05) is 0 Å². The van der Waals surface area contributed by atoms with Crippen molar-refractivity contribution in [2.45, 2.75) is 13.1 Å². The summed E-state index contributed by atoms with van der Waals surface area (Å²) in [4.78, 5) is 15.0. The van der Waals surface area contributed by atoms with Gasteiger partial charge in [0.1, 0.15) is 5.56 Å². The lowest BCUT2D eigenvalue weighted by atomic mass is 10.2. The molecule has 0 aliphatic rings. The molecule has 2 aromatic heterocycles. The molecule has 2 aromatic rings. The third-order valence-electron chi connectivity index (χ3n) is 2.15. The Kier molecular flexibility index (Phi) is 2.53. The van der Waals surface area contributed by atoms with Crippen LogP contribution in [0.25, 0.3) is 5.82 Å². The van der Waals surface area contributed by atoms with E-state index in [1.54, 1.807) is 6.92 Å². The molecule has 0 aromatic carbocycles. The summed E-state index contributed by atoms with van der Waals surface area (Å²) in [6.07, 6.45) is -3.35. The Morgan fingerprint density at radius 3 is 2.65 bits per heavy atom. The summed E-state index contributed by atoms with van der Waals surface area (Å²) in [6.45, 7) is 1.58. The molecular formula is C10H8F3N3O. The molecule has 90 valence electrons. The average molecular weight is 243 g/mol. The van der Waals surface area contributed by atoms with Gasteiger partial charge in [-0.3, -0.25) is 9.89 Å². The highest BCUT2D eigenvalue weighted by molar-refractivity contribution is 5.35. The van der Waals surface area contributed by atoms with E-state index in [-0.39, 0.29) is 0 Å². The molecule has 2 heterocycles. The molecule has 0 unspecified atom stereocenters. The number of pyridine rings is 1. The molecule has 0 fully saturated rings. The quantitative estimate of drug-likeness (QED) is 0.831. The fraction of sp³-hybridized carbons (Fsp3) is 0.200. The summed E-state index contributed by atoms with van der Waals surface area (Å²) < 4.78 is 38.9. The zero-order valence-electron chi connectivity index (χ0n) is 8.75. The minimum absolute atomic E-state index is 0.446. The van der Waals surface area contributed by atoms with Gasteiger partial charge in [0.15, 0.2) is 5.82 Å². The smallest absolute Gasteiger partial charge is 0.294 e. The Morgan fingerprint density at radius 2 is 2.12 bits per heavy atom. The fourth-order valence-corrected chi connectivity index (χ4v) is 1.47. The maximum absolute atomic E-state index is 12.7. The van der Waals surface area contributed by atoms with E-state index in [1.165, 1.54) is 18.3 Å². The van der Waals surface area contributed by atoms with E-state index in [2.05, 4.69) is 10.1 Å². The maximum Gasteiger partial charge on any atom is 0.420 e. The second kappa shape index (κ2) is 3.76. The van der Waals surface area contributed by atoms with E-state index < -0.39 is 23.1 Å². The van der Waals surface area contributed by atoms with Gasteiger partial charge in [-0.2, -0.15) is 13.2 Å². The van der Waals surface area contributed by atoms with Crippen molar-refractivity contribution >= 4 is 0 Å². The van der Waals surface area contributed by atoms with Crippen LogP contribution < -0.4 is 5.56 Å². The molecule has 0 radical (unpaired) electrons. The number of aromatic nitrogens is 3. The number of hydrogen-bond acceptors (Lipinski definition) is 2. The van der Waals surface area contributed by atoms with Crippen LogP contribution in [-0.2, 0) is 6.18 Å². The van der Waals surface area contributed by atoms with E-state index in [0.29, 0.717) is 5.69 Å². The van der Waals surface area contributed by atoms with Crippen LogP contribution in [-0.4, -0.2) is 14.8 Å². The molecule has 0 atom stereocenters. The number of halogens is 3. The van der Waals surface area contributed by atoms with Crippen LogP contribution in [0, 0.1) is 6.92 Å². The van der Waals surface area contributed by atoms with Gasteiger partial charge in [-0.05, 0) is 19.1 Å². The van der Waals surface area contributed by atoms with Crippen molar-refractivity contribution in [2.24, 2.45) is 0 Å². The number of H-pyrrole nitrogens is 1. The molecule has 1 N–H and O–H groups in total. The van der Waals surface area contributed by atoms with E-state index in [0.717, 1.165) is 10.7 Å². The van der Waals surface area contributed by atoms with Gasteiger partial charge in [-0.15, -0.1) is 0 Å². The lowest BCUT2D eigenvalue weighted by molar-refractivity contribution is -0.137. The molecule has 7 heteroatoms. The zero-order chi connectivity index (χ0) is 12.6. The minimum Gasteiger partial charge on any atom is -0.294 e. The summed E-state index contributed by atoms with van der Waals surface area (Å²) in [5.74, 6) is -0.446. The van der Waals surface area contributed by atoms with Crippen LogP contribution in [0.4, 0.5) is 13.2 Å². The minimum atomic E-state index is -4.55. The van der Waals surface area contributed by atoms with Gasteiger partial charge < -0.3 is 0 Å². The van der Waals surface area contributed by atoms with Gasteiger partial charge in [0.25, 0.3) is 5.56 Å². The summed E-state index contributed by atoms with van der Waals surface area (Å²) >= 11 is 0. The highest BCUT2D eigenvalue weighted by Crippen LogP contribution is 2.31. The number of alkyl halides is 3. The Morgan fingerprint density at radius 1 is 1.41 bits per heavy atom. The predicted molar refractivity (Wildman–Crippen MR) is 53.9 cm³/mol. The van der Waals surface area contributed by atoms with Crippen LogP contribution in [0.3, 0.4) is 0 Å². The number of aryl methyl sites for hydroxylation is 1. The van der Waals surface area contributed by atoms with Crippen molar-refractivity contribution in [3.63, 3.8) is 0 Å². The molecule has 0 saturated carbocycles. The highest BCUT2D eigenvalue weighted by atomic mass is 19.4. The standard InChI is InChI=1S/C10H8F3N3O/c1-6-5-8(17)16(15-6)9-7(10(11,12)13)3-2-4-14-9/h2-5,15H,1H3. The van der Waals surface area contributed by atoms with E-state index in [4.69, 9.17) is 0 Å². The number of nitrogens with zero attached hydrogens (tertiary/aromatic N) is 2. The topological polar surface area (TPSA) is 50.7 Å². The first-order valence-electron chi connectivity index (χ1n) is 4.71.